The Bertz CT molecular complexity index is 846. The number of rotatable bonds is 6. The number of urea groups is 1. The van der Waals surface area contributed by atoms with Gasteiger partial charge in [-0.1, -0.05) is 28.1 Å². The molecule has 2 N–H and O–H groups in total. The first-order valence-electron chi connectivity index (χ1n) is 9.12. The Morgan fingerprint density at radius 2 is 1.82 bits per heavy atom. The van der Waals surface area contributed by atoms with Crippen LogP contribution >= 0.6 is 15.9 Å². The van der Waals surface area contributed by atoms with Gasteiger partial charge in [-0.05, 0) is 54.7 Å². The summed E-state index contributed by atoms with van der Waals surface area (Å²) >= 11 is 3.59. The van der Waals surface area contributed by atoms with Gasteiger partial charge in [-0.2, -0.15) is 0 Å². The molecule has 0 aromatic heterocycles. The van der Waals surface area contributed by atoms with E-state index in [1.807, 2.05) is 31.2 Å². The molecule has 0 fully saturated rings. The first-order chi connectivity index (χ1) is 13.5. The summed E-state index contributed by atoms with van der Waals surface area (Å²) in [6.07, 6.45) is 1.84. The Labute approximate surface area is 173 Å². The van der Waals surface area contributed by atoms with Crippen molar-refractivity contribution in [2.24, 2.45) is 0 Å². The molecule has 7 heteroatoms. The maximum absolute atomic E-state index is 12.6. The van der Waals surface area contributed by atoms with E-state index < -0.39 is 0 Å². The molecule has 0 saturated heterocycles. The molecule has 6 nitrogen and oxygen atoms in total. The largest absolute Gasteiger partial charge is 0.493 e. The number of methoxy groups -OCH3 is 3. The molecule has 0 radical (unpaired) electrons. The zero-order valence-electron chi connectivity index (χ0n) is 16.5. The normalized spacial score (nSPS) is 16.1. The lowest BCUT2D eigenvalue weighted by atomic mass is 10.1. The van der Waals surface area contributed by atoms with Crippen LogP contribution in [0.2, 0.25) is 0 Å². The Morgan fingerprint density at radius 3 is 2.43 bits per heavy atom. The first kappa shape index (κ1) is 20.3. The highest BCUT2D eigenvalue weighted by atomic mass is 79.9. The second-order valence-corrected chi connectivity index (χ2v) is 7.55. The molecule has 28 heavy (non-hydrogen) atoms. The zero-order valence-corrected chi connectivity index (χ0v) is 18.1. The van der Waals surface area contributed by atoms with Crippen LogP contribution in [0, 0.1) is 0 Å². The van der Waals surface area contributed by atoms with Gasteiger partial charge in [-0.15, -0.1) is 0 Å². The van der Waals surface area contributed by atoms with Gasteiger partial charge in [-0.25, -0.2) is 4.79 Å². The number of hydrogen-bond donors (Lipinski definition) is 2. The fraction of sp³-hybridized carbons (Fsp3) is 0.381. The molecule has 1 aliphatic carbocycles. The minimum absolute atomic E-state index is 0.0136. The molecule has 150 valence electrons. The second-order valence-electron chi connectivity index (χ2n) is 6.70. The Hall–Kier alpha value is -2.41. The van der Waals surface area contributed by atoms with Crippen molar-refractivity contribution in [3.63, 3.8) is 0 Å². The van der Waals surface area contributed by atoms with Crippen LogP contribution in [-0.2, 0) is 6.42 Å². The highest BCUT2D eigenvalue weighted by Crippen LogP contribution is 2.40. The first-order valence-corrected chi connectivity index (χ1v) is 9.92. The summed E-state index contributed by atoms with van der Waals surface area (Å²) in [6, 6.07) is 9.35. The summed E-state index contributed by atoms with van der Waals surface area (Å²) in [7, 11) is 4.70. The summed E-state index contributed by atoms with van der Waals surface area (Å²) in [6.45, 7) is 1.92. The number of halogens is 1. The summed E-state index contributed by atoms with van der Waals surface area (Å²) < 4.78 is 17.2. The smallest absolute Gasteiger partial charge is 0.315 e. The lowest BCUT2D eigenvalue weighted by Gasteiger charge is -2.21. The van der Waals surface area contributed by atoms with Crippen LogP contribution in [0.1, 0.15) is 42.1 Å². The van der Waals surface area contributed by atoms with Gasteiger partial charge in [0.05, 0.1) is 33.4 Å². The van der Waals surface area contributed by atoms with E-state index in [9.17, 15) is 4.79 Å². The van der Waals surface area contributed by atoms with Crippen molar-refractivity contribution in [1.82, 2.24) is 10.6 Å². The number of nitrogens with one attached hydrogen (secondary N) is 2. The standard InChI is InChI=1S/C21H25BrN2O4/c1-12(13-10-18(26-2)20(28-4)19(11-13)27-3)23-21(25)24-17-9-8-14-15(17)6-5-7-16(14)22/h5-7,10-12,17H,8-9H2,1-4H3,(H2,23,24,25). The van der Waals surface area contributed by atoms with Crippen molar-refractivity contribution in [2.75, 3.05) is 21.3 Å². The SMILES string of the molecule is COc1cc(C(C)NC(=O)NC2CCc3c(Br)cccc32)cc(OC)c1OC. The fourth-order valence-corrected chi connectivity index (χ4v) is 4.17. The van der Waals surface area contributed by atoms with E-state index in [0.29, 0.717) is 17.2 Å². The molecule has 0 spiro atoms. The predicted molar refractivity (Wildman–Crippen MR) is 111 cm³/mol. The van der Waals surface area contributed by atoms with Crippen LogP contribution < -0.4 is 24.8 Å². The van der Waals surface area contributed by atoms with Crippen LogP contribution in [0.25, 0.3) is 0 Å². The molecule has 0 heterocycles. The summed E-state index contributed by atoms with van der Waals surface area (Å²) in [5.74, 6) is 1.64. The third kappa shape index (κ3) is 4.04. The number of fused-ring (bicyclic) bond motifs is 1. The summed E-state index contributed by atoms with van der Waals surface area (Å²) in [5.41, 5.74) is 3.30. The number of amides is 2. The van der Waals surface area contributed by atoms with E-state index in [0.717, 1.165) is 22.9 Å². The number of carbonyl (C=O) groups excluding carboxylic acids is 1. The second kappa shape index (κ2) is 8.73. The van der Waals surface area contributed by atoms with Crippen LogP contribution in [0.15, 0.2) is 34.8 Å². The summed E-state index contributed by atoms with van der Waals surface area (Å²) in [4.78, 5) is 12.6. The zero-order chi connectivity index (χ0) is 20.3. The average molecular weight is 449 g/mol. The maximum Gasteiger partial charge on any atom is 0.315 e. The van der Waals surface area contributed by atoms with E-state index in [4.69, 9.17) is 14.2 Å². The third-order valence-electron chi connectivity index (χ3n) is 5.05. The minimum Gasteiger partial charge on any atom is -0.493 e. The van der Waals surface area contributed by atoms with Gasteiger partial charge in [0.2, 0.25) is 5.75 Å². The summed E-state index contributed by atoms with van der Waals surface area (Å²) in [5, 5.41) is 6.08. The fourth-order valence-electron chi connectivity index (χ4n) is 3.59. The lowest BCUT2D eigenvalue weighted by Crippen LogP contribution is -2.38. The molecule has 2 aromatic rings. The van der Waals surface area contributed by atoms with Gasteiger partial charge < -0.3 is 24.8 Å². The predicted octanol–water partition coefficient (Wildman–Crippen LogP) is 4.52. The quantitative estimate of drug-likeness (QED) is 0.681. The Morgan fingerprint density at radius 1 is 1.14 bits per heavy atom. The lowest BCUT2D eigenvalue weighted by molar-refractivity contribution is 0.234. The van der Waals surface area contributed by atoms with Crippen molar-refractivity contribution in [2.45, 2.75) is 31.8 Å². The monoisotopic (exact) mass is 448 g/mol. The topological polar surface area (TPSA) is 68.8 Å². The number of ether oxygens (including phenoxy) is 3. The molecule has 2 amide bonds. The van der Waals surface area contributed by atoms with E-state index in [1.165, 1.54) is 11.1 Å². The van der Waals surface area contributed by atoms with E-state index in [-0.39, 0.29) is 18.1 Å². The molecule has 0 aliphatic heterocycles. The maximum atomic E-state index is 12.6. The van der Waals surface area contributed by atoms with Gasteiger partial charge >= 0.3 is 6.03 Å². The van der Waals surface area contributed by atoms with Crippen molar-refractivity contribution < 1.29 is 19.0 Å². The van der Waals surface area contributed by atoms with Crippen molar-refractivity contribution >= 4 is 22.0 Å². The molecule has 2 aromatic carbocycles. The van der Waals surface area contributed by atoms with Crippen LogP contribution in [0.4, 0.5) is 4.79 Å². The number of benzene rings is 2. The van der Waals surface area contributed by atoms with Gasteiger partial charge in [0.25, 0.3) is 0 Å². The van der Waals surface area contributed by atoms with Crippen LogP contribution in [0.3, 0.4) is 0 Å². The average Bonchev–Trinajstić information content (AvgIpc) is 3.10. The Balaban J connectivity index is 1.71. The van der Waals surface area contributed by atoms with Crippen molar-refractivity contribution in [3.8, 4) is 17.2 Å². The van der Waals surface area contributed by atoms with Gasteiger partial charge in [-0.3, -0.25) is 0 Å². The molecular formula is C21H25BrN2O4. The molecule has 1 aliphatic rings. The molecule has 2 unspecified atom stereocenters. The van der Waals surface area contributed by atoms with E-state index in [1.54, 1.807) is 21.3 Å². The Kier molecular flexibility index (Phi) is 6.34. The van der Waals surface area contributed by atoms with Crippen molar-refractivity contribution in [3.05, 3.63) is 51.5 Å². The van der Waals surface area contributed by atoms with E-state index in [2.05, 4.69) is 32.6 Å². The van der Waals surface area contributed by atoms with Crippen LogP contribution in [0.5, 0.6) is 17.2 Å². The highest BCUT2D eigenvalue weighted by molar-refractivity contribution is 9.10. The van der Waals surface area contributed by atoms with Gasteiger partial charge in [0.1, 0.15) is 0 Å². The minimum atomic E-state index is -0.239. The number of hydrogen-bond acceptors (Lipinski definition) is 4. The third-order valence-corrected chi connectivity index (χ3v) is 5.80. The highest BCUT2D eigenvalue weighted by Gasteiger charge is 2.26. The van der Waals surface area contributed by atoms with Crippen LogP contribution in [-0.4, -0.2) is 27.4 Å². The van der Waals surface area contributed by atoms with Gasteiger partial charge in [0, 0.05) is 4.47 Å². The van der Waals surface area contributed by atoms with Crippen molar-refractivity contribution in [1.29, 1.82) is 0 Å². The molecule has 0 saturated carbocycles. The van der Waals surface area contributed by atoms with Gasteiger partial charge in [0.15, 0.2) is 11.5 Å². The molecular weight excluding hydrogens is 424 g/mol. The van der Waals surface area contributed by atoms with E-state index >= 15 is 0 Å². The number of carbonyl (C=O) groups is 1. The molecule has 0 bridgehead atoms. The molecule has 3 rings (SSSR count). The molecule has 2 atom stereocenters.